The van der Waals surface area contributed by atoms with Gasteiger partial charge in [-0.1, -0.05) is 6.07 Å². The van der Waals surface area contributed by atoms with Crippen molar-refractivity contribution in [2.75, 3.05) is 7.11 Å². The predicted molar refractivity (Wildman–Crippen MR) is 76.4 cm³/mol. The second-order valence-electron chi connectivity index (χ2n) is 4.23. The first-order valence-electron chi connectivity index (χ1n) is 6.15. The molecule has 0 saturated carbocycles. The molecule has 0 aliphatic heterocycles. The lowest BCUT2D eigenvalue weighted by atomic mass is 10.2. The van der Waals surface area contributed by atoms with Gasteiger partial charge in [0.05, 0.1) is 17.6 Å². The number of nitrogens with zero attached hydrogens (tertiary/aromatic N) is 1. The Hall–Kier alpha value is -3.22. The highest BCUT2D eigenvalue weighted by Crippen LogP contribution is 2.28. The number of carbonyl (C=O) groups is 2. The number of esters is 1. The third-order valence-electron chi connectivity index (χ3n) is 2.82. The summed E-state index contributed by atoms with van der Waals surface area (Å²) in [5.74, 6) is -0.436. The van der Waals surface area contributed by atoms with Crippen LogP contribution >= 0.6 is 0 Å². The number of aldehydes is 1. The standard InChI is InChI=1S/C15H11NO6/c1-21-14-7-10(9-17)5-6-13(14)22-15(18)11-3-2-4-12(8-11)16(19)20/h2-9H,1H3. The summed E-state index contributed by atoms with van der Waals surface area (Å²) >= 11 is 0. The fourth-order valence-corrected chi connectivity index (χ4v) is 1.75. The molecule has 2 rings (SSSR count). The van der Waals surface area contributed by atoms with Crippen molar-refractivity contribution < 1.29 is 24.0 Å². The molecule has 0 N–H and O–H groups in total. The molecule has 0 spiro atoms. The summed E-state index contributed by atoms with van der Waals surface area (Å²) in [6.07, 6.45) is 0.634. The number of nitro groups is 1. The molecule has 2 aromatic rings. The maximum atomic E-state index is 12.0. The zero-order valence-electron chi connectivity index (χ0n) is 11.5. The highest BCUT2D eigenvalue weighted by molar-refractivity contribution is 5.92. The maximum Gasteiger partial charge on any atom is 0.343 e. The normalized spacial score (nSPS) is 9.86. The Morgan fingerprint density at radius 2 is 1.95 bits per heavy atom. The smallest absolute Gasteiger partial charge is 0.343 e. The predicted octanol–water partition coefficient (Wildman–Crippen LogP) is 2.64. The van der Waals surface area contributed by atoms with Crippen LogP contribution in [0.3, 0.4) is 0 Å². The van der Waals surface area contributed by atoms with Crippen molar-refractivity contribution in [1.29, 1.82) is 0 Å². The first-order chi connectivity index (χ1) is 10.5. The van der Waals surface area contributed by atoms with E-state index in [9.17, 15) is 19.7 Å². The third-order valence-corrected chi connectivity index (χ3v) is 2.82. The Morgan fingerprint density at radius 3 is 2.59 bits per heavy atom. The van der Waals surface area contributed by atoms with Gasteiger partial charge >= 0.3 is 5.97 Å². The molecule has 7 heteroatoms. The molecule has 0 unspecified atom stereocenters. The molecule has 0 atom stereocenters. The molecule has 0 radical (unpaired) electrons. The van der Waals surface area contributed by atoms with Gasteiger partial charge in [-0.2, -0.15) is 0 Å². The van der Waals surface area contributed by atoms with Crippen LogP contribution < -0.4 is 9.47 Å². The number of ether oxygens (including phenoxy) is 2. The number of nitro benzene ring substituents is 1. The van der Waals surface area contributed by atoms with Crippen molar-refractivity contribution in [3.05, 3.63) is 63.7 Å². The number of benzene rings is 2. The largest absolute Gasteiger partial charge is 0.493 e. The summed E-state index contributed by atoms with van der Waals surface area (Å²) in [6, 6.07) is 9.49. The number of hydrogen-bond donors (Lipinski definition) is 0. The van der Waals surface area contributed by atoms with Crippen molar-refractivity contribution in [3.8, 4) is 11.5 Å². The van der Waals surface area contributed by atoms with E-state index in [2.05, 4.69) is 0 Å². The monoisotopic (exact) mass is 301 g/mol. The lowest BCUT2D eigenvalue weighted by molar-refractivity contribution is -0.384. The van der Waals surface area contributed by atoms with Crippen LogP contribution in [0.2, 0.25) is 0 Å². The molecule has 0 amide bonds. The van der Waals surface area contributed by atoms with Crippen molar-refractivity contribution in [2.24, 2.45) is 0 Å². The summed E-state index contributed by atoms with van der Waals surface area (Å²) in [5, 5.41) is 10.7. The molecule has 0 bridgehead atoms. The van der Waals surface area contributed by atoms with Crippen molar-refractivity contribution in [3.63, 3.8) is 0 Å². The quantitative estimate of drug-likeness (QED) is 0.277. The lowest BCUT2D eigenvalue weighted by Crippen LogP contribution is -2.09. The summed E-state index contributed by atoms with van der Waals surface area (Å²) in [6.45, 7) is 0. The first kappa shape index (κ1) is 15.2. The molecule has 112 valence electrons. The maximum absolute atomic E-state index is 12.0. The molecule has 0 aliphatic rings. The van der Waals surface area contributed by atoms with Crippen LogP contribution in [-0.4, -0.2) is 24.3 Å². The average Bonchev–Trinajstić information content (AvgIpc) is 2.55. The molecule has 7 nitrogen and oxygen atoms in total. The molecular formula is C15H11NO6. The van der Waals surface area contributed by atoms with E-state index in [-0.39, 0.29) is 22.7 Å². The van der Waals surface area contributed by atoms with E-state index in [4.69, 9.17) is 9.47 Å². The van der Waals surface area contributed by atoms with E-state index in [1.807, 2.05) is 0 Å². The van der Waals surface area contributed by atoms with Gasteiger partial charge in [0, 0.05) is 17.7 Å². The van der Waals surface area contributed by atoms with Gasteiger partial charge in [0.15, 0.2) is 11.5 Å². The summed E-state index contributed by atoms with van der Waals surface area (Å²) < 4.78 is 10.2. The van der Waals surface area contributed by atoms with Gasteiger partial charge in [-0.25, -0.2) is 4.79 Å². The summed E-state index contributed by atoms with van der Waals surface area (Å²) in [5.41, 5.74) is 0.195. The van der Waals surface area contributed by atoms with E-state index in [1.165, 1.54) is 43.5 Å². The zero-order valence-corrected chi connectivity index (χ0v) is 11.5. The topological polar surface area (TPSA) is 95.7 Å². The van der Waals surface area contributed by atoms with E-state index < -0.39 is 10.9 Å². The lowest BCUT2D eigenvalue weighted by Gasteiger charge is -2.09. The van der Waals surface area contributed by atoms with Crippen LogP contribution in [0, 0.1) is 10.1 Å². The number of methoxy groups -OCH3 is 1. The van der Waals surface area contributed by atoms with Crippen LogP contribution in [0.25, 0.3) is 0 Å². The Balaban J connectivity index is 2.27. The molecule has 0 aliphatic carbocycles. The fourth-order valence-electron chi connectivity index (χ4n) is 1.75. The number of carbonyl (C=O) groups excluding carboxylic acids is 2. The van der Waals surface area contributed by atoms with Gasteiger partial charge in [-0.05, 0) is 24.3 Å². The summed E-state index contributed by atoms with van der Waals surface area (Å²) in [7, 11) is 1.37. The molecule has 0 heterocycles. The third kappa shape index (κ3) is 3.26. The van der Waals surface area contributed by atoms with Gasteiger partial charge in [-0.3, -0.25) is 14.9 Å². The molecule has 0 aromatic heterocycles. The summed E-state index contributed by atoms with van der Waals surface area (Å²) in [4.78, 5) is 32.8. The SMILES string of the molecule is COc1cc(C=O)ccc1OC(=O)c1cccc([N+](=O)[O-])c1. The first-order valence-corrected chi connectivity index (χ1v) is 6.15. The second-order valence-corrected chi connectivity index (χ2v) is 4.23. The van der Waals surface area contributed by atoms with Gasteiger partial charge in [0.2, 0.25) is 0 Å². The average molecular weight is 301 g/mol. The number of hydrogen-bond acceptors (Lipinski definition) is 6. The molecule has 2 aromatic carbocycles. The minimum Gasteiger partial charge on any atom is -0.493 e. The van der Waals surface area contributed by atoms with Crippen LogP contribution in [0.4, 0.5) is 5.69 Å². The molecule has 22 heavy (non-hydrogen) atoms. The highest BCUT2D eigenvalue weighted by Gasteiger charge is 2.15. The Bertz CT molecular complexity index is 741. The van der Waals surface area contributed by atoms with E-state index in [1.54, 1.807) is 0 Å². The van der Waals surface area contributed by atoms with Crippen LogP contribution in [-0.2, 0) is 0 Å². The van der Waals surface area contributed by atoms with Crippen LogP contribution in [0.1, 0.15) is 20.7 Å². The Morgan fingerprint density at radius 1 is 1.18 bits per heavy atom. The van der Waals surface area contributed by atoms with E-state index in [0.717, 1.165) is 6.07 Å². The fraction of sp³-hybridized carbons (Fsp3) is 0.0667. The molecular weight excluding hydrogens is 290 g/mol. The van der Waals surface area contributed by atoms with Crippen LogP contribution in [0.15, 0.2) is 42.5 Å². The molecule has 0 fully saturated rings. The minimum atomic E-state index is -0.763. The zero-order chi connectivity index (χ0) is 16.1. The highest BCUT2D eigenvalue weighted by atomic mass is 16.6. The van der Waals surface area contributed by atoms with Gasteiger partial charge in [-0.15, -0.1) is 0 Å². The molecule has 0 saturated heterocycles. The van der Waals surface area contributed by atoms with E-state index in [0.29, 0.717) is 11.8 Å². The van der Waals surface area contributed by atoms with Gasteiger partial charge in [0.25, 0.3) is 5.69 Å². The van der Waals surface area contributed by atoms with Crippen molar-refractivity contribution in [2.45, 2.75) is 0 Å². The van der Waals surface area contributed by atoms with E-state index >= 15 is 0 Å². The van der Waals surface area contributed by atoms with Gasteiger partial charge in [0.1, 0.15) is 6.29 Å². The Labute approximate surface area is 125 Å². The number of non-ortho nitro benzene ring substituents is 1. The second kappa shape index (κ2) is 6.49. The van der Waals surface area contributed by atoms with Crippen LogP contribution in [0.5, 0.6) is 11.5 Å². The van der Waals surface area contributed by atoms with Crippen molar-refractivity contribution >= 4 is 17.9 Å². The van der Waals surface area contributed by atoms with Crippen molar-refractivity contribution in [1.82, 2.24) is 0 Å². The van der Waals surface area contributed by atoms with Gasteiger partial charge < -0.3 is 9.47 Å². The minimum absolute atomic E-state index is 0.0377. The number of rotatable bonds is 5. The Kier molecular flexibility index (Phi) is 4.47.